The first-order valence-electron chi connectivity index (χ1n) is 6.97. The summed E-state index contributed by atoms with van der Waals surface area (Å²) in [5, 5.41) is 7.74. The average molecular weight is 271 g/mol. The Kier molecular flexibility index (Phi) is 2.96. The Labute approximate surface area is 119 Å². The zero-order valence-electron chi connectivity index (χ0n) is 12.5. The molecule has 3 rings (SSSR count). The van der Waals surface area contributed by atoms with E-state index >= 15 is 0 Å². The van der Waals surface area contributed by atoms with Crippen LogP contribution in [0.25, 0.3) is 11.1 Å². The van der Waals surface area contributed by atoms with Crippen LogP contribution in [-0.4, -0.2) is 23.4 Å². The molecule has 0 unspecified atom stereocenters. The highest BCUT2D eigenvalue weighted by molar-refractivity contribution is 5.76. The Morgan fingerprint density at radius 2 is 2.15 bits per heavy atom. The van der Waals surface area contributed by atoms with E-state index in [-0.39, 0.29) is 5.41 Å². The molecule has 4 nitrogen and oxygen atoms in total. The second-order valence-electron chi connectivity index (χ2n) is 6.06. The van der Waals surface area contributed by atoms with Gasteiger partial charge in [-0.25, -0.2) is 0 Å². The quantitative estimate of drug-likeness (QED) is 0.911. The van der Waals surface area contributed by atoms with Crippen LogP contribution in [0.4, 0.5) is 5.69 Å². The van der Waals surface area contributed by atoms with Crippen molar-refractivity contribution in [2.45, 2.75) is 25.7 Å². The van der Waals surface area contributed by atoms with Gasteiger partial charge in [0, 0.05) is 42.7 Å². The Morgan fingerprint density at radius 3 is 2.80 bits per heavy atom. The predicted octanol–water partition coefficient (Wildman–Crippen LogP) is 3.19. The maximum Gasteiger partial charge on any atom is 0.128 e. The van der Waals surface area contributed by atoms with E-state index in [0.29, 0.717) is 0 Å². The van der Waals surface area contributed by atoms with Gasteiger partial charge in [-0.2, -0.15) is 5.10 Å². The highest BCUT2D eigenvalue weighted by Gasteiger charge is 2.29. The van der Waals surface area contributed by atoms with Crippen molar-refractivity contribution >= 4 is 5.69 Å². The normalized spacial score (nSPS) is 16.4. The summed E-state index contributed by atoms with van der Waals surface area (Å²) in [5.41, 5.74) is 4.92. The molecular formula is C16H21N3O. The van der Waals surface area contributed by atoms with Gasteiger partial charge in [-0.3, -0.25) is 4.68 Å². The molecule has 1 aromatic carbocycles. The summed E-state index contributed by atoms with van der Waals surface area (Å²) in [5.74, 6) is 0.891. The molecule has 0 spiro atoms. The minimum atomic E-state index is 0.184. The van der Waals surface area contributed by atoms with Gasteiger partial charge < -0.3 is 10.1 Å². The molecule has 4 heteroatoms. The molecule has 1 N–H and O–H groups in total. The van der Waals surface area contributed by atoms with E-state index in [4.69, 9.17) is 4.74 Å². The highest BCUT2D eigenvalue weighted by atomic mass is 16.5. The van der Waals surface area contributed by atoms with E-state index in [0.717, 1.165) is 29.8 Å². The summed E-state index contributed by atoms with van der Waals surface area (Å²) in [7, 11) is 3.65. The van der Waals surface area contributed by atoms with Crippen LogP contribution in [0.3, 0.4) is 0 Å². The van der Waals surface area contributed by atoms with Gasteiger partial charge >= 0.3 is 0 Å². The molecule has 1 aromatic heterocycles. The van der Waals surface area contributed by atoms with Crippen molar-refractivity contribution in [1.82, 2.24) is 9.78 Å². The minimum absolute atomic E-state index is 0.184. The Morgan fingerprint density at radius 1 is 1.35 bits per heavy atom. The number of methoxy groups -OCH3 is 1. The molecule has 0 saturated heterocycles. The number of hydrogen-bond donors (Lipinski definition) is 1. The second kappa shape index (κ2) is 4.54. The van der Waals surface area contributed by atoms with E-state index in [2.05, 4.69) is 36.4 Å². The van der Waals surface area contributed by atoms with Gasteiger partial charge in [-0.05, 0) is 23.5 Å². The average Bonchev–Trinajstić information content (AvgIpc) is 2.83. The molecular weight excluding hydrogens is 250 g/mol. The van der Waals surface area contributed by atoms with Crippen LogP contribution in [0.5, 0.6) is 5.75 Å². The van der Waals surface area contributed by atoms with Gasteiger partial charge in [0.1, 0.15) is 5.75 Å². The lowest BCUT2D eigenvalue weighted by Crippen LogP contribution is -2.28. The molecule has 20 heavy (non-hydrogen) atoms. The van der Waals surface area contributed by atoms with E-state index in [1.165, 1.54) is 11.3 Å². The summed E-state index contributed by atoms with van der Waals surface area (Å²) in [6.07, 6.45) is 5.04. The lowest BCUT2D eigenvalue weighted by atomic mass is 9.77. The number of nitrogens with zero attached hydrogens (tertiary/aromatic N) is 2. The Hall–Kier alpha value is -1.97. The van der Waals surface area contributed by atoms with Crippen LogP contribution in [0.2, 0.25) is 0 Å². The van der Waals surface area contributed by atoms with Crippen molar-refractivity contribution in [3.05, 3.63) is 30.1 Å². The molecule has 106 valence electrons. The van der Waals surface area contributed by atoms with Crippen molar-refractivity contribution in [3.63, 3.8) is 0 Å². The predicted molar refractivity (Wildman–Crippen MR) is 81.3 cm³/mol. The van der Waals surface area contributed by atoms with Crippen LogP contribution >= 0.6 is 0 Å². The van der Waals surface area contributed by atoms with Crippen LogP contribution in [-0.2, 0) is 12.5 Å². The third-order valence-electron chi connectivity index (χ3n) is 4.15. The number of benzene rings is 1. The molecule has 0 fully saturated rings. The smallest absolute Gasteiger partial charge is 0.128 e. The van der Waals surface area contributed by atoms with E-state index < -0.39 is 0 Å². The minimum Gasteiger partial charge on any atom is -0.496 e. The second-order valence-corrected chi connectivity index (χ2v) is 6.06. The molecule has 2 aromatic rings. The number of fused-ring (bicyclic) bond motifs is 1. The van der Waals surface area contributed by atoms with Gasteiger partial charge in [-0.15, -0.1) is 0 Å². The molecule has 0 saturated carbocycles. The number of nitrogens with one attached hydrogen (secondary N) is 1. The maximum absolute atomic E-state index is 5.57. The van der Waals surface area contributed by atoms with Gasteiger partial charge in [0.15, 0.2) is 0 Å². The number of hydrogen-bond acceptors (Lipinski definition) is 3. The molecule has 0 aliphatic carbocycles. The summed E-state index contributed by atoms with van der Waals surface area (Å²) < 4.78 is 7.38. The molecule has 2 heterocycles. The molecule has 0 bridgehead atoms. The van der Waals surface area contributed by atoms with E-state index in [9.17, 15) is 0 Å². The van der Waals surface area contributed by atoms with Crippen LogP contribution in [0.1, 0.15) is 25.8 Å². The standard InChI is InChI=1S/C16H21N3O/c1-16(2)5-6-17-14-8-15(20-4)12(7-13(14)16)11-9-18-19(3)10-11/h7-10,17H,5-6H2,1-4H3. The SMILES string of the molecule is COc1cc2c(cc1-c1cnn(C)c1)C(C)(C)CCN2. The fraction of sp³-hybridized carbons (Fsp3) is 0.438. The van der Waals surface area contributed by atoms with Crippen molar-refractivity contribution in [3.8, 4) is 16.9 Å². The highest BCUT2D eigenvalue weighted by Crippen LogP contribution is 2.43. The van der Waals surface area contributed by atoms with Gasteiger partial charge in [0.05, 0.1) is 13.3 Å². The number of anilines is 1. The number of aryl methyl sites for hydroxylation is 1. The number of aromatic nitrogens is 2. The van der Waals surface area contributed by atoms with E-state index in [1.54, 1.807) is 7.11 Å². The van der Waals surface area contributed by atoms with Crippen molar-refractivity contribution in [2.75, 3.05) is 19.0 Å². The van der Waals surface area contributed by atoms with Gasteiger partial charge in [0.25, 0.3) is 0 Å². The summed E-state index contributed by atoms with van der Waals surface area (Å²) in [4.78, 5) is 0. The molecule has 1 aliphatic heterocycles. The van der Waals surface area contributed by atoms with Crippen LogP contribution in [0, 0.1) is 0 Å². The zero-order valence-corrected chi connectivity index (χ0v) is 12.5. The lowest BCUT2D eigenvalue weighted by molar-refractivity contribution is 0.415. The van der Waals surface area contributed by atoms with Crippen molar-refractivity contribution in [2.24, 2.45) is 7.05 Å². The fourth-order valence-electron chi connectivity index (χ4n) is 2.89. The van der Waals surface area contributed by atoms with Crippen molar-refractivity contribution in [1.29, 1.82) is 0 Å². The van der Waals surface area contributed by atoms with Gasteiger partial charge in [-0.1, -0.05) is 13.8 Å². The van der Waals surface area contributed by atoms with Gasteiger partial charge in [0.2, 0.25) is 0 Å². The molecule has 1 aliphatic rings. The molecule has 0 amide bonds. The summed E-state index contributed by atoms with van der Waals surface area (Å²) in [6.45, 7) is 5.60. The number of rotatable bonds is 2. The monoisotopic (exact) mass is 271 g/mol. The molecule has 0 atom stereocenters. The van der Waals surface area contributed by atoms with Crippen LogP contribution < -0.4 is 10.1 Å². The summed E-state index contributed by atoms with van der Waals surface area (Å²) in [6, 6.07) is 4.36. The summed E-state index contributed by atoms with van der Waals surface area (Å²) >= 11 is 0. The van der Waals surface area contributed by atoms with E-state index in [1.807, 2.05) is 24.1 Å². The third-order valence-corrected chi connectivity index (χ3v) is 4.15. The largest absolute Gasteiger partial charge is 0.496 e. The molecule has 0 radical (unpaired) electrons. The van der Waals surface area contributed by atoms with Crippen LogP contribution in [0.15, 0.2) is 24.5 Å². The number of ether oxygens (including phenoxy) is 1. The van der Waals surface area contributed by atoms with Crippen molar-refractivity contribution < 1.29 is 4.74 Å². The first kappa shape index (κ1) is 13.0. The fourth-order valence-corrected chi connectivity index (χ4v) is 2.89. The topological polar surface area (TPSA) is 39.1 Å². The Balaban J connectivity index is 2.19. The Bertz CT molecular complexity index is 643. The first-order chi connectivity index (χ1) is 9.51. The lowest BCUT2D eigenvalue weighted by Gasteiger charge is -2.34. The third kappa shape index (κ3) is 2.05. The first-order valence-corrected chi connectivity index (χ1v) is 6.97. The zero-order chi connectivity index (χ0) is 14.3. The maximum atomic E-state index is 5.57.